The Hall–Kier alpha value is -2.75. The Morgan fingerprint density at radius 3 is 2.04 bits per heavy atom. The summed E-state index contributed by atoms with van der Waals surface area (Å²) in [6.45, 7) is 0.513. The van der Waals surface area contributed by atoms with E-state index in [0.717, 1.165) is 18.2 Å². The van der Waals surface area contributed by atoms with Gasteiger partial charge in [0, 0.05) is 17.5 Å². The molecule has 2 saturated heterocycles. The monoisotopic (exact) mass is 687 g/mol. The highest BCUT2D eigenvalue weighted by Crippen LogP contribution is 2.57. The summed E-state index contributed by atoms with van der Waals surface area (Å²) < 4.78 is 161. The van der Waals surface area contributed by atoms with Crippen LogP contribution in [0, 0.1) is 5.41 Å². The molecule has 2 fully saturated rings. The Kier molecular flexibility index (Phi) is 7.95. The van der Waals surface area contributed by atoms with Gasteiger partial charge in [0.05, 0.1) is 22.4 Å². The molecule has 0 bridgehead atoms. The molecule has 2 aromatic rings. The third kappa shape index (κ3) is 5.04. The van der Waals surface area contributed by atoms with Crippen LogP contribution in [0.1, 0.15) is 54.9 Å². The topological polar surface area (TPSA) is 88.6 Å². The van der Waals surface area contributed by atoms with Crippen LogP contribution in [0.4, 0.5) is 35.1 Å². The van der Waals surface area contributed by atoms with Crippen molar-refractivity contribution in [2.75, 3.05) is 18.1 Å². The zero-order valence-electron chi connectivity index (χ0n) is 23.8. The van der Waals surface area contributed by atoms with Crippen molar-refractivity contribution in [1.29, 1.82) is 0 Å². The number of carbonyl (C=O) groups excluding carboxylic acids is 1. The van der Waals surface area contributed by atoms with E-state index in [4.69, 9.17) is 0 Å². The smallest absolute Gasteiger partial charge is 0.337 e. The number of fused-ring (bicyclic) bond motifs is 3. The first kappa shape index (κ1) is 33.6. The molecule has 248 valence electrons. The van der Waals surface area contributed by atoms with Gasteiger partial charge < -0.3 is 4.90 Å². The number of sulfone groups is 2. The number of carbonyl (C=O) groups is 1. The van der Waals surface area contributed by atoms with Gasteiger partial charge in [-0.2, -0.15) is 26.3 Å². The van der Waals surface area contributed by atoms with Crippen molar-refractivity contribution >= 4 is 25.6 Å². The summed E-state index contributed by atoms with van der Waals surface area (Å²) in [6, 6.07) is 5.02. The average molecular weight is 688 g/mol. The van der Waals surface area contributed by atoms with Crippen LogP contribution in [-0.2, 0) is 48.0 Å². The largest absolute Gasteiger partial charge is 0.435 e. The van der Waals surface area contributed by atoms with Crippen molar-refractivity contribution in [3.8, 4) is 0 Å². The van der Waals surface area contributed by atoms with Gasteiger partial charge in [-0.15, -0.1) is 0 Å². The van der Waals surface area contributed by atoms with Crippen LogP contribution >= 0.6 is 0 Å². The van der Waals surface area contributed by atoms with E-state index in [-0.39, 0.29) is 77.8 Å². The number of hydrogen-bond acceptors (Lipinski definition) is 5. The van der Waals surface area contributed by atoms with E-state index >= 15 is 4.39 Å². The van der Waals surface area contributed by atoms with Crippen molar-refractivity contribution < 1.29 is 56.8 Å². The molecule has 2 heterocycles. The second-order valence-corrected chi connectivity index (χ2v) is 16.7. The predicted octanol–water partition coefficient (Wildman–Crippen LogP) is 5.88. The van der Waals surface area contributed by atoms with Crippen LogP contribution in [0.15, 0.2) is 47.4 Å². The molecule has 0 saturated carbocycles. The van der Waals surface area contributed by atoms with Crippen LogP contribution in [0.5, 0.6) is 0 Å². The third-order valence-electron chi connectivity index (χ3n) is 9.64. The number of likely N-dealkylation sites (tertiary alicyclic amines) is 1. The Bertz CT molecular complexity index is 1690. The van der Waals surface area contributed by atoms with Gasteiger partial charge in [0.2, 0.25) is 5.91 Å². The summed E-state index contributed by atoms with van der Waals surface area (Å²) in [7, 11) is -7.96. The molecule has 1 aliphatic carbocycles. The molecule has 2 unspecified atom stereocenters. The van der Waals surface area contributed by atoms with E-state index in [9.17, 15) is 52.4 Å². The maximum atomic E-state index is 15.0. The van der Waals surface area contributed by atoms with Crippen molar-refractivity contribution in [3.63, 3.8) is 0 Å². The number of hydrogen-bond donors (Lipinski definition) is 0. The maximum Gasteiger partial charge on any atom is 0.435 e. The molecule has 3 aliphatic rings. The van der Waals surface area contributed by atoms with E-state index in [0.29, 0.717) is 6.07 Å². The molecule has 0 N–H and O–H groups in total. The van der Waals surface area contributed by atoms with Crippen LogP contribution < -0.4 is 0 Å². The lowest BCUT2D eigenvalue weighted by Gasteiger charge is -2.45. The first-order chi connectivity index (χ1) is 20.6. The number of halogens is 8. The Balaban J connectivity index is 1.67. The average Bonchev–Trinajstić information content (AvgIpc) is 3.38. The van der Waals surface area contributed by atoms with Crippen molar-refractivity contribution in [1.82, 2.24) is 4.90 Å². The Morgan fingerprint density at radius 1 is 0.933 bits per heavy atom. The highest BCUT2D eigenvalue weighted by molar-refractivity contribution is 7.92. The molecule has 16 heteroatoms. The predicted molar refractivity (Wildman–Crippen MR) is 146 cm³/mol. The molecule has 0 spiro atoms. The lowest BCUT2D eigenvalue weighted by molar-refractivity contribution is -0.348. The fourth-order valence-electron chi connectivity index (χ4n) is 6.99. The molecular weight excluding hydrogens is 658 g/mol. The van der Waals surface area contributed by atoms with E-state index < -0.39 is 72.0 Å². The maximum absolute atomic E-state index is 15.0. The highest BCUT2D eigenvalue weighted by Gasteiger charge is 2.74. The van der Waals surface area contributed by atoms with Crippen molar-refractivity contribution in [3.05, 3.63) is 64.7 Å². The van der Waals surface area contributed by atoms with E-state index in [1.54, 1.807) is 6.92 Å². The van der Waals surface area contributed by atoms with Gasteiger partial charge in [-0.05, 0) is 60.9 Å². The fourth-order valence-corrected chi connectivity index (χ4v) is 11.1. The zero-order chi connectivity index (χ0) is 33.4. The molecule has 0 radical (unpaired) electrons. The number of aryl methyl sites for hydroxylation is 1. The van der Waals surface area contributed by atoms with Gasteiger partial charge >= 0.3 is 18.0 Å². The molecule has 45 heavy (non-hydrogen) atoms. The Morgan fingerprint density at radius 2 is 1.51 bits per heavy atom. The number of amides is 1. The van der Waals surface area contributed by atoms with Gasteiger partial charge in [0.25, 0.3) is 0 Å². The summed E-state index contributed by atoms with van der Waals surface area (Å²) in [5, 5.41) is 0. The Labute approximate surface area is 254 Å². The van der Waals surface area contributed by atoms with Crippen molar-refractivity contribution in [2.24, 2.45) is 5.41 Å². The van der Waals surface area contributed by atoms with Crippen LogP contribution in [0.25, 0.3) is 0 Å². The van der Waals surface area contributed by atoms with Gasteiger partial charge in [0.15, 0.2) is 9.84 Å². The molecule has 2 aliphatic heterocycles. The molecule has 0 aromatic heterocycles. The summed E-state index contributed by atoms with van der Waals surface area (Å²) >= 11 is 0. The number of nitrogens with zero attached hydrogens (tertiary/aromatic N) is 1. The summed E-state index contributed by atoms with van der Waals surface area (Å²) in [6.07, 6.45) is -13.6. The molecule has 1 amide bonds. The first-order valence-corrected chi connectivity index (χ1v) is 17.3. The van der Waals surface area contributed by atoms with Crippen molar-refractivity contribution in [2.45, 2.75) is 79.4 Å². The second kappa shape index (κ2) is 10.6. The summed E-state index contributed by atoms with van der Waals surface area (Å²) in [5.74, 6) is -1.02. The van der Waals surface area contributed by atoms with Gasteiger partial charge in [0.1, 0.15) is 21.3 Å². The van der Waals surface area contributed by atoms with E-state index in [1.807, 2.05) is 0 Å². The molecule has 2 aromatic carbocycles. The molecule has 2 atom stereocenters. The highest BCUT2D eigenvalue weighted by atomic mass is 32.2. The quantitative estimate of drug-likeness (QED) is 0.367. The summed E-state index contributed by atoms with van der Waals surface area (Å²) in [5.41, 5.74) is -8.89. The van der Waals surface area contributed by atoms with Crippen LogP contribution in [0.3, 0.4) is 0 Å². The normalized spacial score (nSPS) is 25.0. The van der Waals surface area contributed by atoms with Crippen LogP contribution in [0.2, 0.25) is 0 Å². The zero-order valence-corrected chi connectivity index (χ0v) is 25.4. The standard InChI is InChI=1S/C29H29F8NO5S2/c1-25(11-14-44(40,41)15-12-25)24(39)38-13-10-26(45(42,43)21-6-2-18(17-30)3-7-21)22-8-5-20(16-19(22)4-9-23(26)38)27(31,28(32,33)34)29(35,36)37/h2-3,5-8,16,23H,4,9-15,17H2,1H3. The number of alkyl halides is 8. The summed E-state index contributed by atoms with van der Waals surface area (Å²) in [4.78, 5) is 15.0. The minimum atomic E-state index is -6.38. The minimum absolute atomic E-state index is 0.0186. The van der Waals surface area contributed by atoms with Gasteiger partial charge in [-0.1, -0.05) is 37.3 Å². The van der Waals surface area contributed by atoms with E-state index in [2.05, 4.69) is 0 Å². The third-order valence-corrected chi connectivity index (χ3v) is 13.8. The van der Waals surface area contributed by atoms with Crippen LogP contribution in [-0.4, -0.2) is 64.1 Å². The second-order valence-electron chi connectivity index (χ2n) is 12.2. The molecule has 5 rings (SSSR count). The SMILES string of the molecule is CC1(C(=O)N2CCC3(S(=O)(=O)c4ccc(CF)cc4)c4ccc(C(F)(C(F)(F)F)C(F)(F)F)cc4CCC23)CCS(=O)(=O)CC1. The number of rotatable bonds is 5. The lowest BCUT2D eigenvalue weighted by Crippen LogP contribution is -2.55. The minimum Gasteiger partial charge on any atom is -0.337 e. The molecular formula is C29H29F8NO5S2. The lowest BCUT2D eigenvalue weighted by atomic mass is 9.76. The van der Waals surface area contributed by atoms with E-state index in [1.165, 1.54) is 17.0 Å². The van der Waals surface area contributed by atoms with Gasteiger partial charge in [-0.25, -0.2) is 25.6 Å². The van der Waals surface area contributed by atoms with Gasteiger partial charge in [-0.3, -0.25) is 4.79 Å². The first-order valence-electron chi connectivity index (χ1n) is 14.0. The fraction of sp³-hybridized carbons (Fsp3) is 0.552. The molecule has 6 nitrogen and oxygen atoms in total. The number of benzene rings is 2.